The van der Waals surface area contributed by atoms with E-state index in [4.69, 9.17) is 19.0 Å². The quantitative estimate of drug-likeness (QED) is 0.555. The lowest BCUT2D eigenvalue weighted by atomic mass is 10.0. The van der Waals surface area contributed by atoms with Gasteiger partial charge in [-0.3, -0.25) is 4.90 Å². The van der Waals surface area contributed by atoms with Crippen LogP contribution in [-0.2, 0) is 16.1 Å². The van der Waals surface area contributed by atoms with Crippen molar-refractivity contribution >= 4 is 5.71 Å². The second kappa shape index (κ2) is 11.0. The largest absolute Gasteiger partial charge is 0.454 e. The zero-order valence-corrected chi connectivity index (χ0v) is 19.1. The molecule has 2 aromatic carbocycles. The SMILES string of the molecule is CC(C)COC[C@H](O)CN(Cc1ccc(F)cc1)C[C@H]1CC(c2ccc3c(c2)OCO3)=NO1. The van der Waals surface area contributed by atoms with E-state index in [1.807, 2.05) is 18.2 Å². The van der Waals surface area contributed by atoms with Gasteiger partial charge in [-0.1, -0.05) is 31.1 Å². The van der Waals surface area contributed by atoms with Crippen molar-refractivity contribution in [3.8, 4) is 11.5 Å². The Labute approximate surface area is 193 Å². The molecule has 0 aromatic heterocycles. The Morgan fingerprint density at radius 2 is 1.91 bits per heavy atom. The molecule has 0 fully saturated rings. The molecule has 8 heteroatoms. The molecule has 0 amide bonds. The smallest absolute Gasteiger partial charge is 0.231 e. The van der Waals surface area contributed by atoms with Gasteiger partial charge in [-0.25, -0.2) is 4.39 Å². The van der Waals surface area contributed by atoms with Gasteiger partial charge in [0, 0.05) is 38.2 Å². The molecule has 2 aromatic rings. The normalized spacial score (nSPS) is 18.0. The van der Waals surface area contributed by atoms with Gasteiger partial charge in [0.05, 0.1) is 18.4 Å². The lowest BCUT2D eigenvalue weighted by Gasteiger charge is -2.27. The van der Waals surface area contributed by atoms with Gasteiger partial charge in [-0.15, -0.1) is 0 Å². The second-order valence-corrected chi connectivity index (χ2v) is 8.94. The summed E-state index contributed by atoms with van der Waals surface area (Å²) in [4.78, 5) is 7.82. The van der Waals surface area contributed by atoms with E-state index < -0.39 is 6.10 Å². The minimum absolute atomic E-state index is 0.158. The van der Waals surface area contributed by atoms with Gasteiger partial charge < -0.3 is 24.2 Å². The number of nitrogens with zero attached hydrogens (tertiary/aromatic N) is 2. The first kappa shape index (κ1) is 23.5. The van der Waals surface area contributed by atoms with E-state index in [0.717, 1.165) is 22.6 Å². The predicted octanol–water partition coefficient (Wildman–Crippen LogP) is 3.58. The molecule has 2 aliphatic rings. The van der Waals surface area contributed by atoms with Gasteiger partial charge in [0.1, 0.15) is 11.9 Å². The van der Waals surface area contributed by atoms with Crippen LogP contribution in [0.3, 0.4) is 0 Å². The Balaban J connectivity index is 1.36. The number of rotatable bonds is 11. The summed E-state index contributed by atoms with van der Waals surface area (Å²) < 4.78 is 29.8. The maximum absolute atomic E-state index is 13.3. The molecule has 0 spiro atoms. The van der Waals surface area contributed by atoms with Crippen LogP contribution in [0.5, 0.6) is 11.5 Å². The highest BCUT2D eigenvalue weighted by atomic mass is 19.1. The average Bonchev–Trinajstić information content (AvgIpc) is 3.44. The molecule has 1 N–H and O–H groups in total. The molecule has 0 bridgehead atoms. The van der Waals surface area contributed by atoms with Crippen molar-refractivity contribution < 1.29 is 28.5 Å². The summed E-state index contributed by atoms with van der Waals surface area (Å²) in [5, 5.41) is 14.8. The number of benzene rings is 2. The fourth-order valence-corrected chi connectivity index (χ4v) is 3.90. The third-order valence-electron chi connectivity index (χ3n) is 5.45. The van der Waals surface area contributed by atoms with Crippen molar-refractivity contribution in [1.29, 1.82) is 0 Å². The minimum atomic E-state index is -0.639. The third kappa shape index (κ3) is 6.66. The van der Waals surface area contributed by atoms with Crippen LogP contribution in [-0.4, -0.2) is 61.0 Å². The number of oxime groups is 1. The van der Waals surface area contributed by atoms with E-state index in [0.29, 0.717) is 44.3 Å². The standard InChI is InChI=1S/C25H31FN2O5/c1-17(2)14-30-15-21(29)12-28(11-18-3-6-20(26)7-4-18)13-22-10-23(27-33-22)19-5-8-24-25(9-19)32-16-31-24/h3-9,17,21-22,29H,10-16H2,1-2H3/t21-,22-/m1/s1. The molecule has 0 saturated heterocycles. The number of hydrogen-bond donors (Lipinski definition) is 1. The van der Waals surface area contributed by atoms with E-state index in [1.165, 1.54) is 12.1 Å². The monoisotopic (exact) mass is 458 g/mol. The highest BCUT2D eigenvalue weighted by Gasteiger charge is 2.27. The Morgan fingerprint density at radius 1 is 1.12 bits per heavy atom. The van der Waals surface area contributed by atoms with Gasteiger partial charge in [-0.2, -0.15) is 0 Å². The van der Waals surface area contributed by atoms with Crippen molar-refractivity contribution in [3.05, 3.63) is 59.4 Å². The predicted molar refractivity (Wildman–Crippen MR) is 122 cm³/mol. The summed E-state index contributed by atoms with van der Waals surface area (Å²) in [6.45, 7) is 6.78. The molecule has 2 heterocycles. The molecule has 2 atom stereocenters. The van der Waals surface area contributed by atoms with Crippen molar-refractivity contribution in [2.24, 2.45) is 11.1 Å². The van der Waals surface area contributed by atoms with E-state index in [1.54, 1.807) is 12.1 Å². The lowest BCUT2D eigenvalue weighted by Crippen LogP contribution is -2.39. The zero-order valence-electron chi connectivity index (χ0n) is 19.1. The van der Waals surface area contributed by atoms with Gasteiger partial charge in [0.25, 0.3) is 0 Å². The van der Waals surface area contributed by atoms with Crippen LogP contribution in [0.2, 0.25) is 0 Å². The molecule has 0 unspecified atom stereocenters. The number of ether oxygens (including phenoxy) is 3. The summed E-state index contributed by atoms with van der Waals surface area (Å²) in [6, 6.07) is 12.2. The molecule has 178 valence electrons. The molecule has 33 heavy (non-hydrogen) atoms. The van der Waals surface area contributed by atoms with Gasteiger partial charge in [-0.05, 0) is 41.8 Å². The first-order chi connectivity index (χ1) is 16.0. The molecule has 0 saturated carbocycles. The fraction of sp³-hybridized carbons (Fsp3) is 0.480. The van der Waals surface area contributed by atoms with Crippen LogP contribution in [0.25, 0.3) is 0 Å². The summed E-state index contributed by atoms with van der Waals surface area (Å²) in [6.07, 6.45) is -0.158. The topological polar surface area (TPSA) is 72.8 Å². The van der Waals surface area contributed by atoms with Gasteiger partial charge in [0.2, 0.25) is 6.79 Å². The first-order valence-corrected chi connectivity index (χ1v) is 11.3. The fourth-order valence-electron chi connectivity index (χ4n) is 3.90. The average molecular weight is 459 g/mol. The highest BCUT2D eigenvalue weighted by Crippen LogP contribution is 2.33. The number of aliphatic hydroxyl groups is 1. The second-order valence-electron chi connectivity index (χ2n) is 8.94. The maximum atomic E-state index is 13.3. The van der Waals surface area contributed by atoms with Crippen molar-refractivity contribution in [3.63, 3.8) is 0 Å². The zero-order chi connectivity index (χ0) is 23.2. The number of halogens is 1. The van der Waals surface area contributed by atoms with Crippen LogP contribution in [0.4, 0.5) is 4.39 Å². The molecule has 0 radical (unpaired) electrons. The van der Waals surface area contributed by atoms with Crippen molar-refractivity contribution in [1.82, 2.24) is 4.90 Å². The summed E-state index contributed by atoms with van der Waals surface area (Å²) in [7, 11) is 0. The number of hydrogen-bond acceptors (Lipinski definition) is 7. The molecular weight excluding hydrogens is 427 g/mol. The van der Waals surface area contributed by atoms with E-state index in [-0.39, 0.29) is 25.3 Å². The Morgan fingerprint density at radius 3 is 2.70 bits per heavy atom. The van der Waals surface area contributed by atoms with Crippen LogP contribution >= 0.6 is 0 Å². The Hall–Kier alpha value is -2.68. The van der Waals surface area contributed by atoms with Crippen LogP contribution < -0.4 is 9.47 Å². The van der Waals surface area contributed by atoms with Crippen LogP contribution in [0.15, 0.2) is 47.6 Å². The number of fused-ring (bicyclic) bond motifs is 1. The van der Waals surface area contributed by atoms with Crippen LogP contribution in [0.1, 0.15) is 31.4 Å². The van der Waals surface area contributed by atoms with E-state index in [2.05, 4.69) is 23.9 Å². The Kier molecular flexibility index (Phi) is 7.80. The van der Waals surface area contributed by atoms with Crippen LogP contribution in [0, 0.1) is 11.7 Å². The van der Waals surface area contributed by atoms with E-state index in [9.17, 15) is 9.50 Å². The maximum Gasteiger partial charge on any atom is 0.231 e. The summed E-state index contributed by atoms with van der Waals surface area (Å²) in [5.41, 5.74) is 2.75. The van der Waals surface area contributed by atoms with Gasteiger partial charge in [0.15, 0.2) is 11.5 Å². The molecule has 0 aliphatic carbocycles. The Bertz CT molecular complexity index is 950. The van der Waals surface area contributed by atoms with Crippen molar-refractivity contribution in [2.75, 3.05) is 33.1 Å². The van der Waals surface area contributed by atoms with E-state index >= 15 is 0 Å². The molecule has 4 rings (SSSR count). The van der Waals surface area contributed by atoms with Gasteiger partial charge >= 0.3 is 0 Å². The van der Waals surface area contributed by atoms with Crippen molar-refractivity contribution in [2.45, 2.75) is 39.0 Å². The summed E-state index contributed by atoms with van der Waals surface area (Å²) >= 11 is 0. The lowest BCUT2D eigenvalue weighted by molar-refractivity contribution is -0.00734. The molecular formula is C25H31FN2O5. The molecule has 7 nitrogen and oxygen atoms in total. The summed E-state index contributed by atoms with van der Waals surface area (Å²) in [5.74, 6) is 1.58. The first-order valence-electron chi connectivity index (χ1n) is 11.3. The third-order valence-corrected chi connectivity index (χ3v) is 5.45. The molecule has 2 aliphatic heterocycles. The number of aliphatic hydroxyl groups excluding tert-OH is 1. The minimum Gasteiger partial charge on any atom is -0.454 e. The highest BCUT2D eigenvalue weighted by molar-refractivity contribution is 6.01.